The van der Waals surface area contributed by atoms with Crippen LogP contribution < -0.4 is 10.0 Å². The molecule has 1 atom stereocenters. The Kier molecular flexibility index (Phi) is 4.16. The quantitative estimate of drug-likeness (QED) is 0.845. The van der Waals surface area contributed by atoms with Crippen molar-refractivity contribution in [2.45, 2.75) is 19.3 Å². The van der Waals surface area contributed by atoms with E-state index in [1.807, 2.05) is 37.3 Å². The summed E-state index contributed by atoms with van der Waals surface area (Å²) >= 11 is 0. The number of hydrogen-bond acceptors (Lipinski definition) is 5. The summed E-state index contributed by atoms with van der Waals surface area (Å²) < 4.78 is 33.7. The van der Waals surface area contributed by atoms with Gasteiger partial charge in [-0.05, 0) is 29.7 Å². The van der Waals surface area contributed by atoms with Crippen molar-refractivity contribution >= 4 is 21.5 Å². The molecule has 6 nitrogen and oxygen atoms in total. The second kappa shape index (κ2) is 6.43. The monoisotopic (exact) mass is 393 g/mol. The Morgan fingerprint density at radius 3 is 2.50 bits per heavy atom. The Hall–Kier alpha value is -3.24. The van der Waals surface area contributed by atoms with E-state index in [0.29, 0.717) is 16.8 Å². The third-order valence-corrected chi connectivity index (χ3v) is 7.11. The molecule has 7 heteroatoms. The molecule has 28 heavy (non-hydrogen) atoms. The van der Waals surface area contributed by atoms with Gasteiger partial charge < -0.3 is 10.5 Å². The highest BCUT2D eigenvalue weighted by molar-refractivity contribution is 7.96. The second-order valence-corrected chi connectivity index (χ2v) is 8.64. The van der Waals surface area contributed by atoms with Crippen LogP contribution in [0.4, 0.5) is 5.69 Å². The van der Waals surface area contributed by atoms with Gasteiger partial charge in [0.2, 0.25) is 5.88 Å². The van der Waals surface area contributed by atoms with E-state index in [-0.39, 0.29) is 22.1 Å². The molecule has 4 rings (SSSR count). The number of ether oxygens (including phenoxy) is 1. The highest BCUT2D eigenvalue weighted by Gasteiger charge is 2.46. The summed E-state index contributed by atoms with van der Waals surface area (Å²) in [7, 11) is -2.41. The Balaban J connectivity index is 2.03. The van der Waals surface area contributed by atoms with E-state index in [1.165, 1.54) is 11.4 Å². The molecule has 0 radical (unpaired) electrons. The molecular formula is C21H19N3O3S. The van der Waals surface area contributed by atoms with Gasteiger partial charge in [-0.1, -0.05) is 43.3 Å². The maximum atomic E-state index is 13.4. The van der Waals surface area contributed by atoms with Crippen molar-refractivity contribution in [1.82, 2.24) is 0 Å². The van der Waals surface area contributed by atoms with Crippen LogP contribution >= 0.6 is 0 Å². The highest BCUT2D eigenvalue weighted by Crippen LogP contribution is 2.50. The number of rotatable bonds is 2. The molecule has 0 fully saturated rings. The van der Waals surface area contributed by atoms with Gasteiger partial charge in [0.15, 0.2) is 5.76 Å². The van der Waals surface area contributed by atoms with E-state index >= 15 is 0 Å². The zero-order valence-electron chi connectivity index (χ0n) is 15.5. The molecule has 2 aliphatic rings. The molecule has 0 amide bonds. The topological polar surface area (TPSA) is 96.4 Å². The van der Waals surface area contributed by atoms with Crippen LogP contribution in [-0.2, 0) is 21.2 Å². The lowest BCUT2D eigenvalue weighted by Crippen LogP contribution is -2.37. The minimum atomic E-state index is -3.91. The number of anilines is 1. The molecule has 0 saturated heterocycles. The second-order valence-electron chi connectivity index (χ2n) is 6.70. The number of nitrogens with zero attached hydrogens (tertiary/aromatic N) is 2. The number of fused-ring (bicyclic) bond motifs is 2. The van der Waals surface area contributed by atoms with Crippen LogP contribution in [0.3, 0.4) is 0 Å². The molecule has 0 spiro atoms. The Bertz CT molecular complexity index is 1170. The van der Waals surface area contributed by atoms with Gasteiger partial charge in [-0.25, -0.2) is 8.42 Å². The van der Waals surface area contributed by atoms with Crippen LogP contribution in [0.5, 0.6) is 0 Å². The summed E-state index contributed by atoms with van der Waals surface area (Å²) in [5.74, 6) is -0.699. The number of hydrogen-bond donors (Lipinski definition) is 1. The van der Waals surface area contributed by atoms with Crippen LogP contribution in [0.15, 0.2) is 64.9 Å². The van der Waals surface area contributed by atoms with Crippen molar-refractivity contribution in [3.63, 3.8) is 0 Å². The van der Waals surface area contributed by atoms with E-state index in [0.717, 1.165) is 12.0 Å². The van der Waals surface area contributed by atoms with Crippen LogP contribution in [0.25, 0.3) is 5.76 Å². The first-order valence-corrected chi connectivity index (χ1v) is 10.3. The molecule has 142 valence electrons. The summed E-state index contributed by atoms with van der Waals surface area (Å²) in [6, 6.07) is 16.7. The standard InChI is InChI=1S/C21H19N3O3S/c1-3-13-8-10-14(11-9-13)18-16(12-22)21(23)27-19-15-6-4-5-7-17(15)24(2)28(25,26)20(18)19/h4-11,18H,3,23H2,1-2H3/t18-/m1/s1. The van der Waals surface area contributed by atoms with Crippen molar-refractivity contribution in [3.8, 4) is 6.07 Å². The maximum Gasteiger partial charge on any atom is 0.264 e. The van der Waals surface area contributed by atoms with E-state index in [1.54, 1.807) is 18.2 Å². The van der Waals surface area contributed by atoms with Gasteiger partial charge in [-0.15, -0.1) is 0 Å². The molecule has 0 saturated carbocycles. The zero-order valence-corrected chi connectivity index (χ0v) is 16.3. The van der Waals surface area contributed by atoms with E-state index in [9.17, 15) is 13.7 Å². The molecule has 0 aromatic heterocycles. The summed E-state index contributed by atoms with van der Waals surface area (Å²) in [6.45, 7) is 2.04. The fourth-order valence-corrected chi connectivity index (χ4v) is 5.33. The minimum Gasteiger partial charge on any atom is -0.439 e. The number of benzene rings is 2. The number of aryl methyl sites for hydroxylation is 1. The Morgan fingerprint density at radius 1 is 1.18 bits per heavy atom. The molecule has 2 heterocycles. The van der Waals surface area contributed by atoms with E-state index in [4.69, 9.17) is 10.5 Å². The summed E-state index contributed by atoms with van der Waals surface area (Å²) in [5, 5.41) is 9.72. The lowest BCUT2D eigenvalue weighted by atomic mass is 9.87. The number of nitrogens with two attached hydrogens (primary N) is 1. The predicted octanol–water partition coefficient (Wildman–Crippen LogP) is 3.21. The molecule has 2 aliphatic heterocycles. The van der Waals surface area contributed by atoms with Gasteiger partial charge in [-0.3, -0.25) is 4.31 Å². The number of allylic oxidation sites excluding steroid dienone is 2. The van der Waals surface area contributed by atoms with Gasteiger partial charge in [0.1, 0.15) is 16.5 Å². The van der Waals surface area contributed by atoms with Crippen molar-refractivity contribution < 1.29 is 13.2 Å². The van der Waals surface area contributed by atoms with Crippen LogP contribution in [-0.4, -0.2) is 15.5 Å². The third-order valence-electron chi connectivity index (χ3n) is 5.22. The lowest BCUT2D eigenvalue weighted by molar-refractivity contribution is 0.357. The van der Waals surface area contributed by atoms with Crippen molar-refractivity contribution in [2.24, 2.45) is 5.73 Å². The van der Waals surface area contributed by atoms with Crippen LogP contribution in [0.1, 0.15) is 29.5 Å². The molecule has 0 bridgehead atoms. The molecule has 0 unspecified atom stereocenters. The number of nitriles is 1. The molecule has 2 N–H and O–H groups in total. The number of para-hydroxylation sites is 1. The van der Waals surface area contributed by atoms with Crippen LogP contribution in [0.2, 0.25) is 0 Å². The molecule has 2 aromatic rings. The SMILES string of the molecule is CCc1ccc([C@@H]2C(C#N)=C(N)OC3=C2S(=O)(=O)N(C)c2ccccc23)cc1. The molecule has 0 aliphatic carbocycles. The van der Waals surface area contributed by atoms with Crippen LogP contribution in [0, 0.1) is 11.3 Å². The van der Waals surface area contributed by atoms with Crippen molar-refractivity contribution in [3.05, 3.63) is 81.6 Å². The highest BCUT2D eigenvalue weighted by atomic mass is 32.2. The van der Waals surface area contributed by atoms with Crippen molar-refractivity contribution in [2.75, 3.05) is 11.4 Å². The average Bonchev–Trinajstić information content (AvgIpc) is 2.71. The van der Waals surface area contributed by atoms with Gasteiger partial charge in [0.25, 0.3) is 10.0 Å². The fraction of sp³-hybridized carbons (Fsp3) is 0.190. The zero-order chi connectivity index (χ0) is 20.1. The van der Waals surface area contributed by atoms with Gasteiger partial charge in [0.05, 0.1) is 11.6 Å². The first-order chi connectivity index (χ1) is 13.4. The lowest BCUT2D eigenvalue weighted by Gasteiger charge is -2.36. The number of sulfonamides is 1. The maximum absolute atomic E-state index is 13.4. The predicted molar refractivity (Wildman–Crippen MR) is 107 cm³/mol. The Labute approximate surface area is 164 Å². The summed E-state index contributed by atoms with van der Waals surface area (Å²) in [6.07, 6.45) is 0.861. The van der Waals surface area contributed by atoms with E-state index < -0.39 is 15.9 Å². The summed E-state index contributed by atoms with van der Waals surface area (Å²) in [4.78, 5) is 0.0451. The largest absolute Gasteiger partial charge is 0.439 e. The summed E-state index contributed by atoms with van der Waals surface area (Å²) in [5.41, 5.74) is 9.09. The van der Waals surface area contributed by atoms with Gasteiger partial charge >= 0.3 is 0 Å². The normalized spacial score (nSPS) is 20.2. The van der Waals surface area contributed by atoms with Gasteiger partial charge in [-0.2, -0.15) is 5.26 Å². The first-order valence-electron chi connectivity index (χ1n) is 8.89. The smallest absolute Gasteiger partial charge is 0.264 e. The van der Waals surface area contributed by atoms with E-state index in [2.05, 4.69) is 6.07 Å². The third kappa shape index (κ3) is 2.49. The first kappa shape index (κ1) is 18.1. The fourth-order valence-electron chi connectivity index (χ4n) is 3.67. The molecule has 2 aromatic carbocycles. The molecular weight excluding hydrogens is 374 g/mol. The van der Waals surface area contributed by atoms with Gasteiger partial charge in [0, 0.05) is 12.6 Å². The minimum absolute atomic E-state index is 0.0451. The average molecular weight is 393 g/mol. The Morgan fingerprint density at radius 2 is 1.86 bits per heavy atom. The van der Waals surface area contributed by atoms with Crippen molar-refractivity contribution in [1.29, 1.82) is 5.26 Å².